The van der Waals surface area contributed by atoms with Crippen molar-refractivity contribution in [1.82, 2.24) is 4.90 Å². The number of piperidine rings is 1. The van der Waals surface area contributed by atoms with Gasteiger partial charge in [0, 0.05) is 7.11 Å². The molecule has 0 amide bonds. The summed E-state index contributed by atoms with van der Waals surface area (Å²) in [7, 11) is -1.46. The van der Waals surface area contributed by atoms with Crippen LogP contribution in [-0.2, 0) is 13.6 Å². The van der Waals surface area contributed by atoms with Crippen LogP contribution in [0.5, 0.6) is 0 Å². The summed E-state index contributed by atoms with van der Waals surface area (Å²) >= 11 is 0. The maximum atomic E-state index is 12.7. The summed E-state index contributed by atoms with van der Waals surface area (Å²) in [4.78, 5) is 2.33. The zero-order chi connectivity index (χ0) is 13.3. The zero-order valence-electron chi connectivity index (χ0n) is 11.2. The average Bonchev–Trinajstić information content (AvgIpc) is 2.49. The van der Waals surface area contributed by atoms with Crippen molar-refractivity contribution in [2.75, 3.05) is 20.3 Å². The Bertz CT molecular complexity index is 479. The molecule has 1 aromatic carbocycles. The first-order valence-electron chi connectivity index (χ1n) is 6.85. The van der Waals surface area contributed by atoms with Gasteiger partial charge in [-0.25, -0.2) is 0 Å². The normalized spacial score (nSPS) is 35.8. The molecule has 5 heteroatoms. The van der Waals surface area contributed by atoms with E-state index in [4.69, 9.17) is 9.05 Å². The molecule has 1 aromatic rings. The SMILES string of the molecule is CO[P@]1(=O)OC[C@@H](c2ccccc2)N2CCCC[C@H]21. The van der Waals surface area contributed by atoms with Crippen LogP contribution in [0.25, 0.3) is 0 Å². The molecule has 0 aromatic heterocycles. The summed E-state index contributed by atoms with van der Waals surface area (Å²) in [5, 5.41) is 0. The highest BCUT2D eigenvalue weighted by Crippen LogP contribution is 2.60. The van der Waals surface area contributed by atoms with Gasteiger partial charge in [0.25, 0.3) is 0 Å². The second-order valence-corrected chi connectivity index (χ2v) is 7.46. The van der Waals surface area contributed by atoms with Gasteiger partial charge >= 0.3 is 7.60 Å². The zero-order valence-corrected chi connectivity index (χ0v) is 12.1. The molecule has 0 bridgehead atoms. The largest absolute Gasteiger partial charge is 0.347 e. The first-order valence-corrected chi connectivity index (χ1v) is 8.46. The topological polar surface area (TPSA) is 38.8 Å². The molecular formula is C14H20NO3P. The molecule has 0 aliphatic carbocycles. The van der Waals surface area contributed by atoms with Gasteiger partial charge in [-0.05, 0) is 31.4 Å². The van der Waals surface area contributed by atoms with Crippen LogP contribution in [-0.4, -0.2) is 30.9 Å². The molecule has 2 aliphatic rings. The van der Waals surface area contributed by atoms with Crippen molar-refractivity contribution >= 4 is 7.60 Å². The lowest BCUT2D eigenvalue weighted by molar-refractivity contribution is 0.0349. The summed E-state index contributed by atoms with van der Waals surface area (Å²) in [6.45, 7) is 1.42. The third-order valence-corrected chi connectivity index (χ3v) is 6.43. The van der Waals surface area contributed by atoms with Crippen molar-refractivity contribution in [3.8, 4) is 0 Å². The van der Waals surface area contributed by atoms with Gasteiger partial charge in [0.15, 0.2) is 0 Å². The van der Waals surface area contributed by atoms with Crippen LogP contribution in [0.1, 0.15) is 30.9 Å². The highest BCUT2D eigenvalue weighted by Gasteiger charge is 2.47. The summed E-state index contributed by atoms with van der Waals surface area (Å²) in [5.74, 6) is -0.0785. The standard InChI is InChI=1S/C14H20NO3P/c1-17-19(16)14-9-5-6-10-15(14)13(11-18-19)12-7-3-2-4-8-12/h2-4,7-8,13-14H,5-6,9-11H2,1H3/t13-,14+,19-/m0/s1. The van der Waals surface area contributed by atoms with E-state index in [1.807, 2.05) is 18.2 Å². The molecule has 2 heterocycles. The van der Waals surface area contributed by atoms with E-state index >= 15 is 0 Å². The Morgan fingerprint density at radius 2 is 2.11 bits per heavy atom. The van der Waals surface area contributed by atoms with Gasteiger partial charge in [0.1, 0.15) is 5.78 Å². The van der Waals surface area contributed by atoms with E-state index < -0.39 is 7.60 Å². The summed E-state index contributed by atoms with van der Waals surface area (Å²) in [5.41, 5.74) is 1.23. The molecule has 4 nitrogen and oxygen atoms in total. The Balaban J connectivity index is 1.91. The highest BCUT2D eigenvalue weighted by atomic mass is 31.2. The quantitative estimate of drug-likeness (QED) is 0.779. The minimum absolute atomic E-state index is 0.0785. The number of fused-ring (bicyclic) bond motifs is 1. The summed E-state index contributed by atoms with van der Waals surface area (Å²) < 4.78 is 23.5. The Morgan fingerprint density at radius 3 is 2.84 bits per heavy atom. The summed E-state index contributed by atoms with van der Waals surface area (Å²) in [6, 6.07) is 10.5. The van der Waals surface area contributed by atoms with Crippen molar-refractivity contribution in [3.05, 3.63) is 35.9 Å². The lowest BCUT2D eigenvalue weighted by atomic mass is 10.0. The minimum atomic E-state index is -2.96. The van der Waals surface area contributed by atoms with E-state index in [1.54, 1.807) is 0 Å². The highest BCUT2D eigenvalue weighted by molar-refractivity contribution is 7.54. The van der Waals surface area contributed by atoms with Crippen molar-refractivity contribution in [2.45, 2.75) is 31.1 Å². The van der Waals surface area contributed by atoms with E-state index in [0.717, 1.165) is 25.8 Å². The second-order valence-electron chi connectivity index (χ2n) is 5.16. The van der Waals surface area contributed by atoms with E-state index in [0.29, 0.717) is 6.61 Å². The number of nitrogens with zero attached hydrogens (tertiary/aromatic N) is 1. The van der Waals surface area contributed by atoms with Gasteiger partial charge < -0.3 is 9.05 Å². The van der Waals surface area contributed by atoms with Crippen LogP contribution in [0, 0.1) is 0 Å². The predicted octanol–water partition coefficient (Wildman–Crippen LogP) is 3.41. The molecule has 2 fully saturated rings. The maximum Gasteiger partial charge on any atom is 0.347 e. The summed E-state index contributed by atoms with van der Waals surface area (Å²) in [6.07, 6.45) is 3.15. The van der Waals surface area contributed by atoms with Crippen LogP contribution in [0.2, 0.25) is 0 Å². The number of hydrogen-bond donors (Lipinski definition) is 0. The molecule has 0 saturated carbocycles. The monoisotopic (exact) mass is 281 g/mol. The molecule has 0 unspecified atom stereocenters. The van der Waals surface area contributed by atoms with E-state index in [9.17, 15) is 4.57 Å². The Kier molecular flexibility index (Phi) is 3.77. The molecule has 2 aliphatic heterocycles. The van der Waals surface area contributed by atoms with Gasteiger partial charge in [-0.2, -0.15) is 0 Å². The van der Waals surface area contributed by atoms with Gasteiger partial charge in [0.05, 0.1) is 12.6 Å². The number of rotatable bonds is 2. The Hall–Kier alpha value is -0.670. The fourth-order valence-electron chi connectivity index (χ4n) is 3.13. The molecule has 3 rings (SSSR count). The Morgan fingerprint density at radius 1 is 1.32 bits per heavy atom. The first-order chi connectivity index (χ1) is 9.24. The maximum absolute atomic E-state index is 12.7. The number of hydrogen-bond acceptors (Lipinski definition) is 4. The third kappa shape index (κ3) is 2.38. The molecular weight excluding hydrogens is 261 g/mol. The molecule has 3 atom stereocenters. The van der Waals surface area contributed by atoms with E-state index in [1.165, 1.54) is 12.7 Å². The average molecular weight is 281 g/mol. The van der Waals surface area contributed by atoms with Crippen LogP contribution in [0.4, 0.5) is 0 Å². The van der Waals surface area contributed by atoms with Gasteiger partial charge in [-0.3, -0.25) is 9.46 Å². The minimum Gasteiger partial charge on any atom is -0.311 e. The predicted molar refractivity (Wildman–Crippen MR) is 74.1 cm³/mol. The van der Waals surface area contributed by atoms with Crippen molar-refractivity contribution in [2.24, 2.45) is 0 Å². The third-order valence-electron chi connectivity index (χ3n) is 4.13. The van der Waals surface area contributed by atoms with Gasteiger partial charge in [-0.1, -0.05) is 30.3 Å². The molecule has 0 spiro atoms. The van der Waals surface area contributed by atoms with Crippen LogP contribution in [0.3, 0.4) is 0 Å². The fraction of sp³-hybridized carbons (Fsp3) is 0.571. The smallest absolute Gasteiger partial charge is 0.311 e. The number of benzene rings is 1. The first kappa shape index (κ1) is 13.3. The molecule has 0 radical (unpaired) electrons. The molecule has 104 valence electrons. The van der Waals surface area contributed by atoms with E-state index in [2.05, 4.69) is 17.0 Å². The van der Waals surface area contributed by atoms with E-state index in [-0.39, 0.29) is 11.8 Å². The van der Waals surface area contributed by atoms with Crippen LogP contribution in [0.15, 0.2) is 30.3 Å². The fourth-order valence-corrected chi connectivity index (χ4v) is 5.14. The van der Waals surface area contributed by atoms with Gasteiger partial charge in [-0.15, -0.1) is 0 Å². The molecule has 0 N–H and O–H groups in total. The van der Waals surface area contributed by atoms with Gasteiger partial charge in [0.2, 0.25) is 0 Å². The molecule has 2 saturated heterocycles. The van der Waals surface area contributed by atoms with Crippen LogP contribution < -0.4 is 0 Å². The lowest BCUT2D eigenvalue weighted by Gasteiger charge is -2.47. The van der Waals surface area contributed by atoms with Crippen molar-refractivity contribution in [1.29, 1.82) is 0 Å². The lowest BCUT2D eigenvalue weighted by Crippen LogP contribution is -2.47. The second kappa shape index (κ2) is 5.37. The Labute approximate surface area is 114 Å². The van der Waals surface area contributed by atoms with Crippen LogP contribution >= 0.6 is 7.60 Å². The molecule has 19 heavy (non-hydrogen) atoms. The van der Waals surface area contributed by atoms with Crippen molar-refractivity contribution in [3.63, 3.8) is 0 Å². The van der Waals surface area contributed by atoms with Crippen molar-refractivity contribution < 1.29 is 13.6 Å².